The van der Waals surface area contributed by atoms with Crippen molar-refractivity contribution in [1.82, 2.24) is 0 Å². The quantitative estimate of drug-likeness (QED) is 0.726. The molecule has 1 aliphatic carbocycles. The third-order valence-corrected chi connectivity index (χ3v) is 2.77. The monoisotopic (exact) mass is 207 g/mol. The second-order valence-electron chi connectivity index (χ2n) is 4.12. The van der Waals surface area contributed by atoms with Crippen LogP contribution in [0.15, 0.2) is 0 Å². The second-order valence-corrected chi connectivity index (χ2v) is 4.12. The summed E-state index contributed by atoms with van der Waals surface area (Å²) in [5.41, 5.74) is 5.52. The van der Waals surface area contributed by atoms with Crippen LogP contribution in [0.4, 0.5) is 0 Å². The maximum absolute atomic E-state index is 10.5. The van der Waals surface area contributed by atoms with Gasteiger partial charge in [0.05, 0.1) is 6.42 Å². The lowest BCUT2D eigenvalue weighted by Crippen LogP contribution is -2.44. The highest BCUT2D eigenvalue weighted by atomic mass is 35.5. The fraction of sp³-hybridized carbons (Fsp3) is 0.889. The van der Waals surface area contributed by atoms with E-state index >= 15 is 0 Å². The van der Waals surface area contributed by atoms with E-state index in [9.17, 15) is 4.79 Å². The predicted molar refractivity (Wildman–Crippen MR) is 54.1 cm³/mol. The molecule has 0 aromatic carbocycles. The van der Waals surface area contributed by atoms with Gasteiger partial charge in [0.25, 0.3) is 0 Å². The number of carboxylic acids is 1. The van der Waals surface area contributed by atoms with Crippen molar-refractivity contribution in [1.29, 1.82) is 0 Å². The molecule has 1 aliphatic rings. The van der Waals surface area contributed by atoms with Crippen molar-refractivity contribution < 1.29 is 9.90 Å². The maximum Gasteiger partial charge on any atom is 0.305 e. The van der Waals surface area contributed by atoms with Crippen LogP contribution in [0.2, 0.25) is 0 Å². The molecule has 0 amide bonds. The van der Waals surface area contributed by atoms with Crippen molar-refractivity contribution in [3.8, 4) is 0 Å². The Balaban J connectivity index is 0.00000144. The van der Waals surface area contributed by atoms with Crippen LogP contribution in [0, 0.1) is 5.92 Å². The Hall–Kier alpha value is -0.280. The van der Waals surface area contributed by atoms with Crippen molar-refractivity contribution in [2.24, 2.45) is 11.7 Å². The fourth-order valence-corrected chi connectivity index (χ4v) is 1.82. The Labute approximate surface area is 85.1 Å². The molecule has 3 nitrogen and oxygen atoms in total. The summed E-state index contributed by atoms with van der Waals surface area (Å²) in [6.45, 7) is 2.19. The van der Waals surface area contributed by atoms with Gasteiger partial charge in [-0.15, -0.1) is 12.4 Å². The van der Waals surface area contributed by atoms with Crippen LogP contribution in [-0.4, -0.2) is 16.6 Å². The first-order valence-electron chi connectivity index (χ1n) is 4.52. The third-order valence-electron chi connectivity index (χ3n) is 2.77. The van der Waals surface area contributed by atoms with Gasteiger partial charge in [-0.1, -0.05) is 6.92 Å². The molecule has 1 saturated carbocycles. The molecule has 0 spiro atoms. The molecule has 0 unspecified atom stereocenters. The second kappa shape index (κ2) is 4.82. The predicted octanol–water partition coefficient (Wildman–Crippen LogP) is 1.79. The van der Waals surface area contributed by atoms with Gasteiger partial charge < -0.3 is 10.8 Å². The smallest absolute Gasteiger partial charge is 0.305 e. The zero-order valence-corrected chi connectivity index (χ0v) is 8.77. The minimum absolute atomic E-state index is 0. The number of carbonyl (C=O) groups is 1. The van der Waals surface area contributed by atoms with E-state index in [2.05, 4.69) is 6.92 Å². The molecule has 0 saturated heterocycles. The maximum atomic E-state index is 10.5. The standard InChI is InChI=1S/C9H17NO2.ClH/c1-7-2-4-9(10,5-3-7)6-8(11)12;/h7H,2-6,10H2,1H3,(H,11,12);1H. The van der Waals surface area contributed by atoms with Crippen LogP contribution in [0.5, 0.6) is 0 Å². The van der Waals surface area contributed by atoms with Crippen molar-refractivity contribution in [2.45, 2.75) is 44.6 Å². The van der Waals surface area contributed by atoms with Gasteiger partial charge in [0.15, 0.2) is 0 Å². The number of hydrogen-bond donors (Lipinski definition) is 2. The van der Waals surface area contributed by atoms with Gasteiger partial charge in [-0.25, -0.2) is 0 Å². The summed E-state index contributed by atoms with van der Waals surface area (Å²) in [6, 6.07) is 0. The average molecular weight is 208 g/mol. The number of nitrogens with two attached hydrogens (primary N) is 1. The molecule has 13 heavy (non-hydrogen) atoms. The Bertz CT molecular complexity index is 176. The molecule has 0 atom stereocenters. The van der Waals surface area contributed by atoms with E-state index in [1.165, 1.54) is 0 Å². The minimum atomic E-state index is -0.771. The van der Waals surface area contributed by atoms with Crippen molar-refractivity contribution in [2.75, 3.05) is 0 Å². The van der Waals surface area contributed by atoms with Gasteiger partial charge in [0, 0.05) is 5.54 Å². The lowest BCUT2D eigenvalue weighted by molar-refractivity contribution is -0.138. The van der Waals surface area contributed by atoms with Crippen LogP contribution in [0.1, 0.15) is 39.0 Å². The van der Waals surface area contributed by atoms with Crippen LogP contribution < -0.4 is 5.73 Å². The summed E-state index contributed by atoms with van der Waals surface area (Å²) < 4.78 is 0. The highest BCUT2D eigenvalue weighted by molar-refractivity contribution is 5.85. The Morgan fingerprint density at radius 3 is 2.38 bits per heavy atom. The van der Waals surface area contributed by atoms with Gasteiger partial charge in [-0.2, -0.15) is 0 Å². The summed E-state index contributed by atoms with van der Waals surface area (Å²) in [4.78, 5) is 10.5. The first-order chi connectivity index (χ1) is 5.52. The molecule has 1 rings (SSSR count). The van der Waals surface area contributed by atoms with E-state index in [1.807, 2.05) is 0 Å². The number of aliphatic carboxylic acids is 1. The van der Waals surface area contributed by atoms with Gasteiger partial charge in [-0.3, -0.25) is 4.79 Å². The lowest BCUT2D eigenvalue weighted by Gasteiger charge is -2.34. The number of hydrogen-bond acceptors (Lipinski definition) is 2. The van der Waals surface area contributed by atoms with Crippen molar-refractivity contribution >= 4 is 18.4 Å². The summed E-state index contributed by atoms with van der Waals surface area (Å²) in [7, 11) is 0. The molecule has 0 aliphatic heterocycles. The normalized spacial score (nSPS) is 33.5. The number of carboxylic acid groups (broad SMARTS) is 1. The van der Waals surface area contributed by atoms with E-state index in [1.54, 1.807) is 0 Å². The molecular weight excluding hydrogens is 190 g/mol. The Kier molecular flexibility index (Phi) is 4.71. The summed E-state index contributed by atoms with van der Waals surface area (Å²) >= 11 is 0. The molecule has 4 heteroatoms. The highest BCUT2D eigenvalue weighted by Gasteiger charge is 2.32. The zero-order chi connectivity index (χ0) is 9.19. The first kappa shape index (κ1) is 12.7. The van der Waals surface area contributed by atoms with Gasteiger partial charge >= 0.3 is 5.97 Å². The van der Waals surface area contributed by atoms with E-state index in [-0.39, 0.29) is 18.8 Å². The minimum Gasteiger partial charge on any atom is -0.481 e. The van der Waals surface area contributed by atoms with E-state index in [0.29, 0.717) is 0 Å². The van der Waals surface area contributed by atoms with Gasteiger partial charge in [-0.05, 0) is 31.6 Å². The first-order valence-corrected chi connectivity index (χ1v) is 4.52. The Morgan fingerprint density at radius 2 is 2.00 bits per heavy atom. The summed E-state index contributed by atoms with van der Waals surface area (Å²) in [6.07, 6.45) is 3.99. The van der Waals surface area contributed by atoms with Crippen molar-refractivity contribution in [3.63, 3.8) is 0 Å². The van der Waals surface area contributed by atoms with Crippen molar-refractivity contribution in [3.05, 3.63) is 0 Å². The highest BCUT2D eigenvalue weighted by Crippen LogP contribution is 2.31. The van der Waals surface area contributed by atoms with Crippen LogP contribution >= 0.6 is 12.4 Å². The Morgan fingerprint density at radius 1 is 1.54 bits per heavy atom. The average Bonchev–Trinajstić information content (AvgIpc) is 1.94. The van der Waals surface area contributed by atoms with E-state index in [0.717, 1.165) is 31.6 Å². The molecule has 0 bridgehead atoms. The van der Waals surface area contributed by atoms with E-state index < -0.39 is 11.5 Å². The molecule has 1 fully saturated rings. The molecular formula is C9H18ClNO2. The van der Waals surface area contributed by atoms with Gasteiger partial charge in [0.2, 0.25) is 0 Å². The molecule has 0 aromatic heterocycles. The summed E-state index contributed by atoms with van der Waals surface area (Å²) in [5, 5.41) is 8.62. The lowest BCUT2D eigenvalue weighted by atomic mass is 9.76. The molecule has 3 N–H and O–H groups in total. The summed E-state index contributed by atoms with van der Waals surface area (Å²) in [5.74, 6) is -0.0532. The van der Waals surface area contributed by atoms with Gasteiger partial charge in [0.1, 0.15) is 0 Å². The molecule has 0 radical (unpaired) electrons. The molecule has 0 aromatic rings. The SMILES string of the molecule is CC1CCC(N)(CC(=O)O)CC1.Cl. The molecule has 78 valence electrons. The molecule has 0 heterocycles. The third kappa shape index (κ3) is 3.96. The van der Waals surface area contributed by atoms with Crippen LogP contribution in [0.3, 0.4) is 0 Å². The van der Waals surface area contributed by atoms with Crippen LogP contribution in [0.25, 0.3) is 0 Å². The largest absolute Gasteiger partial charge is 0.481 e. The topological polar surface area (TPSA) is 63.3 Å². The van der Waals surface area contributed by atoms with Crippen LogP contribution in [-0.2, 0) is 4.79 Å². The number of rotatable bonds is 2. The van der Waals surface area contributed by atoms with E-state index in [4.69, 9.17) is 10.8 Å². The fourth-order valence-electron chi connectivity index (χ4n) is 1.82. The number of halogens is 1. The zero-order valence-electron chi connectivity index (χ0n) is 7.95.